The van der Waals surface area contributed by atoms with Gasteiger partial charge in [0.05, 0.1) is 34.6 Å². The summed E-state index contributed by atoms with van der Waals surface area (Å²) >= 11 is 1.73. The number of benzene rings is 2. The number of carbonyl (C=O) groups excluding carboxylic acids is 1. The minimum absolute atomic E-state index is 0.0833. The Labute approximate surface area is 211 Å². The van der Waals surface area contributed by atoms with Crippen LogP contribution in [0, 0.1) is 0 Å². The number of carbonyl (C=O) groups is 1. The van der Waals surface area contributed by atoms with E-state index in [9.17, 15) is 13.2 Å². The summed E-state index contributed by atoms with van der Waals surface area (Å²) < 4.78 is 28.8. The molecule has 2 aliphatic heterocycles. The summed E-state index contributed by atoms with van der Waals surface area (Å²) in [6.45, 7) is 6.18. The molecule has 1 aromatic heterocycles. The summed E-state index contributed by atoms with van der Waals surface area (Å²) in [7, 11) is -3.80. The predicted molar refractivity (Wildman–Crippen MR) is 140 cm³/mol. The first-order valence-corrected chi connectivity index (χ1v) is 14.6. The molecular formula is C27H32N3O3S2+. The van der Waals surface area contributed by atoms with Gasteiger partial charge in [0.25, 0.3) is 15.9 Å². The van der Waals surface area contributed by atoms with Crippen LogP contribution in [0.2, 0.25) is 0 Å². The molecular weight excluding hydrogens is 478 g/mol. The van der Waals surface area contributed by atoms with Gasteiger partial charge in [0.2, 0.25) is 0 Å². The van der Waals surface area contributed by atoms with Crippen molar-refractivity contribution in [3.63, 3.8) is 0 Å². The molecule has 0 spiro atoms. The van der Waals surface area contributed by atoms with Crippen molar-refractivity contribution >= 4 is 33.0 Å². The number of nitrogens with one attached hydrogen (secondary N) is 2. The Morgan fingerprint density at radius 2 is 1.86 bits per heavy atom. The van der Waals surface area contributed by atoms with Gasteiger partial charge in [-0.2, -0.15) is 0 Å². The van der Waals surface area contributed by atoms with Gasteiger partial charge in [-0.3, -0.25) is 9.10 Å². The van der Waals surface area contributed by atoms with Crippen molar-refractivity contribution in [2.45, 2.75) is 56.1 Å². The number of quaternary nitrogens is 1. The zero-order valence-electron chi connectivity index (χ0n) is 20.1. The molecule has 2 N–H and O–H groups in total. The minimum Gasteiger partial charge on any atom is -0.343 e. The summed E-state index contributed by atoms with van der Waals surface area (Å²) in [5.74, 6) is -0.246. The molecule has 0 aliphatic carbocycles. The second-order valence-electron chi connectivity index (χ2n) is 9.63. The smallest absolute Gasteiger partial charge is 0.264 e. The molecule has 3 atom stereocenters. The van der Waals surface area contributed by atoms with E-state index in [1.165, 1.54) is 33.0 Å². The minimum atomic E-state index is -3.80. The van der Waals surface area contributed by atoms with Crippen LogP contribution < -0.4 is 14.5 Å². The zero-order chi connectivity index (χ0) is 24.6. The molecule has 0 unspecified atom stereocenters. The van der Waals surface area contributed by atoms with Crippen LogP contribution in [0.3, 0.4) is 0 Å². The van der Waals surface area contributed by atoms with Gasteiger partial charge in [0.15, 0.2) is 0 Å². The second-order valence-corrected chi connectivity index (χ2v) is 12.4. The molecule has 6 nitrogen and oxygen atoms in total. The number of rotatable bonds is 7. The number of anilines is 1. The molecule has 1 amide bonds. The molecule has 5 rings (SSSR count). The van der Waals surface area contributed by atoms with Crippen molar-refractivity contribution < 1.29 is 18.1 Å². The van der Waals surface area contributed by atoms with Crippen LogP contribution in [0.15, 0.2) is 70.9 Å². The predicted octanol–water partition coefficient (Wildman–Crippen LogP) is 3.43. The summed E-state index contributed by atoms with van der Waals surface area (Å²) in [5.41, 5.74) is 2.10. The van der Waals surface area contributed by atoms with Crippen molar-refractivity contribution in [3.8, 4) is 0 Å². The van der Waals surface area contributed by atoms with Gasteiger partial charge in [0.1, 0.15) is 6.04 Å². The van der Waals surface area contributed by atoms with Gasteiger partial charge < -0.3 is 10.2 Å². The highest BCUT2D eigenvalue weighted by atomic mass is 32.2. The van der Waals surface area contributed by atoms with Crippen LogP contribution in [0.5, 0.6) is 0 Å². The highest BCUT2D eigenvalue weighted by Crippen LogP contribution is 2.36. The molecule has 2 aromatic carbocycles. The van der Waals surface area contributed by atoms with E-state index in [0.29, 0.717) is 12.0 Å². The molecule has 3 aromatic rings. The Kier molecular flexibility index (Phi) is 6.70. The molecule has 0 saturated carbocycles. The van der Waals surface area contributed by atoms with Crippen molar-refractivity contribution in [3.05, 3.63) is 82.0 Å². The Balaban J connectivity index is 1.38. The van der Waals surface area contributed by atoms with Crippen molar-refractivity contribution in [1.29, 1.82) is 0 Å². The first-order chi connectivity index (χ1) is 16.9. The van der Waals surface area contributed by atoms with E-state index in [2.05, 4.69) is 29.8 Å². The van der Waals surface area contributed by atoms with Crippen LogP contribution in [0.4, 0.5) is 5.69 Å². The molecule has 2 aliphatic rings. The maximum absolute atomic E-state index is 13.6. The summed E-state index contributed by atoms with van der Waals surface area (Å²) in [6.07, 6.45) is 3.09. The second kappa shape index (κ2) is 9.76. The van der Waals surface area contributed by atoms with Crippen LogP contribution in [-0.2, 0) is 16.4 Å². The van der Waals surface area contributed by atoms with Gasteiger partial charge in [-0.1, -0.05) is 30.3 Å². The largest absolute Gasteiger partial charge is 0.343 e. The molecule has 1 saturated heterocycles. The van der Waals surface area contributed by atoms with Crippen LogP contribution in [0.1, 0.15) is 53.5 Å². The first kappa shape index (κ1) is 24.0. The number of thiophene rings is 1. The standard InChI is InChI=1S/C27H31N3O3S2/c1-19-17-21-9-3-4-12-24(21)30(19)35(32,33)23-11-7-10-22(18-23)27(31)28-20(2)26(25-13-8-16-34-25)29-14-5-6-15-29/h3-4,7-13,16,18-20,26H,5-6,14-15,17H2,1-2H3,(H,28,31)/p+1/t19-,20-,26-/m0/s1. The lowest BCUT2D eigenvalue weighted by Crippen LogP contribution is -3.11. The monoisotopic (exact) mass is 510 g/mol. The quantitative estimate of drug-likeness (QED) is 0.512. The van der Waals surface area contributed by atoms with E-state index in [1.54, 1.807) is 29.5 Å². The lowest BCUT2D eigenvalue weighted by atomic mass is 10.1. The lowest BCUT2D eigenvalue weighted by molar-refractivity contribution is -0.920. The van der Waals surface area contributed by atoms with Gasteiger partial charge in [0, 0.05) is 24.4 Å². The number of para-hydroxylation sites is 1. The molecule has 184 valence electrons. The number of hydrogen-bond acceptors (Lipinski definition) is 4. The van der Waals surface area contributed by atoms with E-state index >= 15 is 0 Å². The fourth-order valence-corrected chi connectivity index (χ4v) is 8.33. The van der Waals surface area contributed by atoms with Gasteiger partial charge in [-0.25, -0.2) is 8.42 Å². The molecule has 1 fully saturated rings. The van der Waals surface area contributed by atoms with Crippen LogP contribution in [0.25, 0.3) is 0 Å². The molecule has 8 heteroatoms. The van der Waals surface area contributed by atoms with Crippen molar-refractivity contribution in [1.82, 2.24) is 5.32 Å². The van der Waals surface area contributed by atoms with E-state index in [1.807, 2.05) is 31.2 Å². The third kappa shape index (κ3) is 4.62. The fourth-order valence-electron chi connectivity index (χ4n) is 5.60. The molecule has 0 bridgehead atoms. The van der Waals surface area contributed by atoms with Crippen LogP contribution >= 0.6 is 11.3 Å². The number of fused-ring (bicyclic) bond motifs is 1. The maximum Gasteiger partial charge on any atom is 0.264 e. The normalized spacial score (nSPS) is 19.9. The van der Waals surface area contributed by atoms with Crippen molar-refractivity contribution in [2.75, 3.05) is 17.4 Å². The summed E-state index contributed by atoms with van der Waals surface area (Å²) in [6, 6.07) is 18.2. The third-order valence-electron chi connectivity index (χ3n) is 7.19. The SMILES string of the molecule is C[C@H](NC(=O)c1cccc(S(=O)(=O)N2c3ccccc3C[C@@H]2C)c1)[C@@H](c1cccs1)[NH+]1CCCC1. The molecule has 35 heavy (non-hydrogen) atoms. The Morgan fingerprint density at radius 3 is 2.60 bits per heavy atom. The molecule has 0 radical (unpaired) electrons. The maximum atomic E-state index is 13.6. The number of nitrogens with zero attached hydrogens (tertiary/aromatic N) is 1. The first-order valence-electron chi connectivity index (χ1n) is 12.3. The van der Waals surface area contributed by atoms with Gasteiger partial charge in [-0.05, 0) is 61.5 Å². The van der Waals surface area contributed by atoms with E-state index in [-0.39, 0.29) is 28.9 Å². The number of hydrogen-bond donors (Lipinski definition) is 2. The topological polar surface area (TPSA) is 70.9 Å². The van der Waals surface area contributed by atoms with E-state index < -0.39 is 10.0 Å². The van der Waals surface area contributed by atoms with Crippen LogP contribution in [-0.4, -0.2) is 39.5 Å². The average molecular weight is 511 g/mol. The van der Waals surface area contributed by atoms with Gasteiger partial charge >= 0.3 is 0 Å². The Hall–Kier alpha value is -2.68. The van der Waals surface area contributed by atoms with Crippen molar-refractivity contribution in [2.24, 2.45) is 0 Å². The highest BCUT2D eigenvalue weighted by Gasteiger charge is 2.37. The summed E-state index contributed by atoms with van der Waals surface area (Å²) in [4.78, 5) is 16.2. The molecule has 3 heterocycles. The van der Waals surface area contributed by atoms with E-state index in [4.69, 9.17) is 0 Å². The number of sulfonamides is 1. The fraction of sp³-hybridized carbons (Fsp3) is 0.370. The Bertz CT molecular complexity index is 1300. The Morgan fingerprint density at radius 1 is 1.09 bits per heavy atom. The summed E-state index contributed by atoms with van der Waals surface area (Å²) in [5, 5.41) is 5.25. The average Bonchev–Trinajstić information content (AvgIpc) is 3.61. The number of amides is 1. The lowest BCUT2D eigenvalue weighted by Gasteiger charge is -2.29. The van der Waals surface area contributed by atoms with E-state index in [0.717, 1.165) is 24.3 Å². The highest BCUT2D eigenvalue weighted by molar-refractivity contribution is 7.92. The third-order valence-corrected chi connectivity index (χ3v) is 10.1. The zero-order valence-corrected chi connectivity index (χ0v) is 21.7. The number of likely N-dealkylation sites (tertiary alicyclic amines) is 1. The van der Waals surface area contributed by atoms with Gasteiger partial charge in [-0.15, -0.1) is 11.3 Å².